The first kappa shape index (κ1) is 24.9. The van der Waals surface area contributed by atoms with Crippen LogP contribution >= 0.6 is 11.6 Å². The highest BCUT2D eigenvalue weighted by Crippen LogP contribution is 2.23. The van der Waals surface area contributed by atoms with Gasteiger partial charge in [0.1, 0.15) is 5.75 Å². The van der Waals surface area contributed by atoms with Crippen LogP contribution in [0.1, 0.15) is 62.7 Å². The first-order chi connectivity index (χ1) is 15.9. The van der Waals surface area contributed by atoms with Gasteiger partial charge in [0, 0.05) is 17.4 Å². The molecule has 7 heteroatoms. The van der Waals surface area contributed by atoms with Crippen molar-refractivity contribution in [2.75, 3.05) is 23.8 Å². The summed E-state index contributed by atoms with van der Waals surface area (Å²) in [6.07, 6.45) is 6.52. The van der Waals surface area contributed by atoms with E-state index in [4.69, 9.17) is 16.3 Å². The summed E-state index contributed by atoms with van der Waals surface area (Å²) in [6.45, 7) is 5.06. The van der Waals surface area contributed by atoms with E-state index in [1.165, 1.54) is 6.42 Å². The topological polar surface area (TPSA) is 79.5 Å². The molecule has 2 aromatic rings. The zero-order valence-electron chi connectivity index (χ0n) is 19.5. The van der Waals surface area contributed by atoms with E-state index in [9.17, 15) is 9.59 Å². The van der Waals surface area contributed by atoms with Crippen molar-refractivity contribution in [1.82, 2.24) is 5.32 Å². The fourth-order valence-corrected chi connectivity index (χ4v) is 3.96. The summed E-state index contributed by atoms with van der Waals surface area (Å²) in [5.41, 5.74) is 1.78. The van der Waals surface area contributed by atoms with Gasteiger partial charge in [0.2, 0.25) is 5.91 Å². The molecule has 33 heavy (non-hydrogen) atoms. The van der Waals surface area contributed by atoms with Crippen LogP contribution in [0.5, 0.6) is 5.75 Å². The van der Waals surface area contributed by atoms with E-state index in [1.807, 2.05) is 24.3 Å². The van der Waals surface area contributed by atoms with Gasteiger partial charge in [0.25, 0.3) is 5.91 Å². The van der Waals surface area contributed by atoms with Gasteiger partial charge in [-0.1, -0.05) is 44.7 Å². The predicted molar refractivity (Wildman–Crippen MR) is 134 cm³/mol. The highest BCUT2D eigenvalue weighted by Gasteiger charge is 2.18. The minimum atomic E-state index is -0.188. The number of benzene rings is 2. The molecular weight excluding hydrogens is 438 g/mol. The zero-order chi connectivity index (χ0) is 23.6. The Bertz CT molecular complexity index is 925. The summed E-state index contributed by atoms with van der Waals surface area (Å²) in [5, 5.41) is 9.40. The average Bonchev–Trinajstić information content (AvgIpc) is 2.80. The van der Waals surface area contributed by atoms with Crippen molar-refractivity contribution in [3.8, 4) is 5.75 Å². The first-order valence-electron chi connectivity index (χ1n) is 11.8. The minimum Gasteiger partial charge on any atom is -0.494 e. The molecule has 0 aliphatic heterocycles. The number of halogens is 1. The predicted octanol–water partition coefficient (Wildman–Crippen LogP) is 5.88. The number of amides is 2. The van der Waals surface area contributed by atoms with Gasteiger partial charge in [-0.3, -0.25) is 9.59 Å². The Balaban J connectivity index is 1.48. The highest BCUT2D eigenvalue weighted by atomic mass is 35.5. The molecule has 1 aliphatic carbocycles. The smallest absolute Gasteiger partial charge is 0.253 e. The van der Waals surface area contributed by atoms with Crippen LogP contribution in [-0.4, -0.2) is 31.0 Å². The molecule has 178 valence electrons. The van der Waals surface area contributed by atoms with Crippen LogP contribution in [0.15, 0.2) is 42.5 Å². The maximum Gasteiger partial charge on any atom is 0.253 e. The van der Waals surface area contributed by atoms with E-state index in [0.29, 0.717) is 34.5 Å². The highest BCUT2D eigenvalue weighted by molar-refractivity contribution is 6.34. The molecule has 0 spiro atoms. The standard InChI is InChI=1S/C26H34ClN3O3/c1-18(2)14-15-33-22-11-8-20(9-12-22)29-25(31)17-28-21-10-13-24(27)23(16-21)26(32)30-19-6-4-3-5-7-19/h8-13,16,18-19,28H,3-7,14-15,17H2,1-2H3,(H,29,31)(H,30,32). The molecule has 0 heterocycles. The molecule has 0 radical (unpaired) electrons. The number of anilines is 2. The molecular formula is C26H34ClN3O3. The average molecular weight is 472 g/mol. The summed E-state index contributed by atoms with van der Waals surface area (Å²) < 4.78 is 5.70. The van der Waals surface area contributed by atoms with Gasteiger partial charge >= 0.3 is 0 Å². The van der Waals surface area contributed by atoms with Gasteiger partial charge in [0.15, 0.2) is 0 Å². The molecule has 1 saturated carbocycles. The number of hydrogen-bond acceptors (Lipinski definition) is 4. The lowest BCUT2D eigenvalue weighted by Gasteiger charge is -2.23. The van der Waals surface area contributed by atoms with Gasteiger partial charge in [-0.05, 0) is 67.6 Å². The summed E-state index contributed by atoms with van der Waals surface area (Å²) in [4.78, 5) is 25.0. The number of nitrogens with one attached hydrogen (secondary N) is 3. The fourth-order valence-electron chi connectivity index (χ4n) is 3.75. The van der Waals surface area contributed by atoms with Crippen LogP contribution in [0.4, 0.5) is 11.4 Å². The molecule has 0 unspecified atom stereocenters. The molecule has 0 bridgehead atoms. The molecule has 2 aromatic carbocycles. The Morgan fingerprint density at radius 1 is 1.03 bits per heavy atom. The normalized spacial score (nSPS) is 14.1. The van der Waals surface area contributed by atoms with E-state index < -0.39 is 0 Å². The monoisotopic (exact) mass is 471 g/mol. The quantitative estimate of drug-likeness (QED) is 0.404. The second kappa shape index (κ2) is 12.5. The molecule has 1 fully saturated rings. The van der Waals surface area contributed by atoms with E-state index in [0.717, 1.165) is 37.9 Å². The summed E-state index contributed by atoms with van der Waals surface area (Å²) in [6, 6.07) is 12.7. The van der Waals surface area contributed by atoms with Crippen LogP contribution in [0.2, 0.25) is 5.02 Å². The van der Waals surface area contributed by atoms with Crippen molar-refractivity contribution in [2.45, 2.75) is 58.4 Å². The number of ether oxygens (including phenoxy) is 1. The van der Waals surface area contributed by atoms with Crippen molar-refractivity contribution in [3.63, 3.8) is 0 Å². The van der Waals surface area contributed by atoms with Crippen molar-refractivity contribution in [3.05, 3.63) is 53.1 Å². The molecule has 0 atom stereocenters. The Hall–Kier alpha value is -2.73. The number of carbonyl (C=O) groups excluding carboxylic acids is 2. The van der Waals surface area contributed by atoms with E-state index in [2.05, 4.69) is 29.8 Å². The summed E-state index contributed by atoms with van der Waals surface area (Å²) in [5.74, 6) is 1.02. The SMILES string of the molecule is CC(C)CCOc1ccc(NC(=O)CNc2ccc(Cl)c(C(=O)NC3CCCCC3)c2)cc1. The Morgan fingerprint density at radius 2 is 1.73 bits per heavy atom. The number of rotatable bonds is 10. The molecule has 6 nitrogen and oxygen atoms in total. The van der Waals surface area contributed by atoms with Gasteiger partial charge < -0.3 is 20.7 Å². The molecule has 2 amide bonds. The molecule has 3 N–H and O–H groups in total. The minimum absolute atomic E-state index is 0.0674. The summed E-state index contributed by atoms with van der Waals surface area (Å²) >= 11 is 6.26. The lowest BCUT2D eigenvalue weighted by atomic mass is 9.95. The fraction of sp³-hybridized carbons (Fsp3) is 0.462. The third-order valence-corrected chi connectivity index (χ3v) is 6.04. The van der Waals surface area contributed by atoms with Crippen molar-refractivity contribution in [2.24, 2.45) is 5.92 Å². The lowest BCUT2D eigenvalue weighted by Crippen LogP contribution is -2.36. The van der Waals surface area contributed by atoms with Gasteiger partial charge in [-0.15, -0.1) is 0 Å². The van der Waals surface area contributed by atoms with Crippen molar-refractivity contribution < 1.29 is 14.3 Å². The van der Waals surface area contributed by atoms with Crippen molar-refractivity contribution >= 4 is 34.8 Å². The Kier molecular flexibility index (Phi) is 9.43. The van der Waals surface area contributed by atoms with Crippen LogP contribution in [0.25, 0.3) is 0 Å². The Labute approximate surface area is 201 Å². The third-order valence-electron chi connectivity index (χ3n) is 5.71. The number of carbonyl (C=O) groups is 2. The molecule has 1 aliphatic rings. The molecule has 0 saturated heterocycles. The second-order valence-corrected chi connectivity index (χ2v) is 9.37. The maximum absolute atomic E-state index is 12.7. The van der Waals surface area contributed by atoms with Gasteiger partial charge in [-0.25, -0.2) is 0 Å². The van der Waals surface area contributed by atoms with E-state index in [1.54, 1.807) is 18.2 Å². The second-order valence-electron chi connectivity index (χ2n) is 8.96. The van der Waals surface area contributed by atoms with Crippen LogP contribution in [-0.2, 0) is 4.79 Å². The first-order valence-corrected chi connectivity index (χ1v) is 12.2. The summed E-state index contributed by atoms with van der Waals surface area (Å²) in [7, 11) is 0. The van der Waals surface area contributed by atoms with Gasteiger partial charge in [0.05, 0.1) is 23.7 Å². The molecule has 0 aromatic heterocycles. The maximum atomic E-state index is 12.7. The van der Waals surface area contributed by atoms with Gasteiger partial charge in [-0.2, -0.15) is 0 Å². The lowest BCUT2D eigenvalue weighted by molar-refractivity contribution is -0.114. The van der Waals surface area contributed by atoms with Crippen LogP contribution in [0.3, 0.4) is 0 Å². The van der Waals surface area contributed by atoms with Crippen molar-refractivity contribution in [1.29, 1.82) is 0 Å². The van der Waals surface area contributed by atoms with Crippen LogP contribution < -0.4 is 20.7 Å². The molecule has 3 rings (SSSR count). The Morgan fingerprint density at radius 3 is 2.42 bits per heavy atom. The van der Waals surface area contributed by atoms with E-state index in [-0.39, 0.29) is 24.4 Å². The zero-order valence-corrected chi connectivity index (χ0v) is 20.2. The van der Waals surface area contributed by atoms with Crippen LogP contribution in [0, 0.1) is 5.92 Å². The largest absolute Gasteiger partial charge is 0.494 e. The van der Waals surface area contributed by atoms with E-state index >= 15 is 0 Å². The third kappa shape index (κ3) is 8.28. The number of hydrogen-bond donors (Lipinski definition) is 3.